The summed E-state index contributed by atoms with van der Waals surface area (Å²) < 4.78 is 0. The highest BCUT2D eigenvalue weighted by atomic mass is 16.8. The minimum absolute atomic E-state index is 0.0418. The lowest BCUT2D eigenvalue weighted by molar-refractivity contribution is -0.145. The Hall–Kier alpha value is -2.12. The molecule has 1 atom stereocenters. The topological polar surface area (TPSA) is 121 Å². The van der Waals surface area contributed by atoms with Crippen LogP contribution in [0, 0.1) is 5.21 Å². The first-order valence-electron chi connectivity index (χ1n) is 4.63. The van der Waals surface area contributed by atoms with E-state index in [0.29, 0.717) is 0 Å². The standard InChI is InChI=1S/C10H10NO6/c12-9(13)5-7(10(14)15)6-3-1-2-4-8(6)11(16)17/h1-4,7,16H,5H2,(H,12,13)(H,14,15)/q-1. The first kappa shape index (κ1) is 12.9. The van der Waals surface area contributed by atoms with Gasteiger partial charge < -0.3 is 20.6 Å². The summed E-state index contributed by atoms with van der Waals surface area (Å²) in [7, 11) is 0. The molecule has 0 aromatic heterocycles. The molecule has 0 heterocycles. The SMILES string of the molecule is O=C(O)CC(C(=O)O)c1ccccc1N([O-])O. The van der Waals surface area contributed by atoms with Crippen molar-refractivity contribution in [3.8, 4) is 0 Å². The lowest BCUT2D eigenvalue weighted by atomic mass is 9.94. The van der Waals surface area contributed by atoms with E-state index in [9.17, 15) is 14.8 Å². The third kappa shape index (κ3) is 3.16. The Labute approximate surface area is 96.1 Å². The third-order valence-corrected chi connectivity index (χ3v) is 2.20. The van der Waals surface area contributed by atoms with E-state index in [0.717, 1.165) is 0 Å². The van der Waals surface area contributed by atoms with Crippen molar-refractivity contribution in [3.05, 3.63) is 35.0 Å². The van der Waals surface area contributed by atoms with Gasteiger partial charge in [0.2, 0.25) is 0 Å². The average molecular weight is 240 g/mol. The van der Waals surface area contributed by atoms with Crippen LogP contribution in [0.5, 0.6) is 0 Å². The van der Waals surface area contributed by atoms with Crippen molar-refractivity contribution in [1.82, 2.24) is 0 Å². The predicted molar refractivity (Wildman–Crippen MR) is 56.7 cm³/mol. The van der Waals surface area contributed by atoms with Crippen LogP contribution in [0.4, 0.5) is 5.69 Å². The molecule has 1 unspecified atom stereocenters. The van der Waals surface area contributed by atoms with E-state index in [1.165, 1.54) is 24.3 Å². The zero-order chi connectivity index (χ0) is 13.0. The molecule has 1 aromatic carbocycles. The van der Waals surface area contributed by atoms with Crippen LogP contribution in [0.25, 0.3) is 0 Å². The van der Waals surface area contributed by atoms with Gasteiger partial charge in [0.05, 0.1) is 18.0 Å². The maximum absolute atomic E-state index is 10.9. The number of nitrogens with zero attached hydrogens (tertiary/aromatic N) is 1. The molecule has 7 heteroatoms. The van der Waals surface area contributed by atoms with Crippen LogP contribution in [0.15, 0.2) is 24.3 Å². The van der Waals surface area contributed by atoms with Gasteiger partial charge in [-0.25, -0.2) is 0 Å². The van der Waals surface area contributed by atoms with E-state index >= 15 is 0 Å². The molecule has 3 N–H and O–H groups in total. The molecule has 1 aromatic rings. The minimum Gasteiger partial charge on any atom is -0.733 e. The number of aliphatic carboxylic acids is 2. The summed E-state index contributed by atoms with van der Waals surface area (Å²) in [4.78, 5) is 21.5. The molecular weight excluding hydrogens is 230 g/mol. The van der Waals surface area contributed by atoms with Crippen LogP contribution in [0.2, 0.25) is 0 Å². The fourth-order valence-electron chi connectivity index (χ4n) is 1.46. The van der Waals surface area contributed by atoms with E-state index in [4.69, 9.17) is 15.4 Å². The van der Waals surface area contributed by atoms with E-state index in [1.807, 2.05) is 0 Å². The zero-order valence-electron chi connectivity index (χ0n) is 8.61. The van der Waals surface area contributed by atoms with Crippen LogP contribution >= 0.6 is 0 Å². The van der Waals surface area contributed by atoms with Crippen molar-refractivity contribution < 1.29 is 25.0 Å². The lowest BCUT2D eigenvalue weighted by Crippen LogP contribution is -2.19. The summed E-state index contributed by atoms with van der Waals surface area (Å²) >= 11 is 0. The second-order valence-electron chi connectivity index (χ2n) is 3.32. The number of carboxylic acid groups (broad SMARTS) is 2. The largest absolute Gasteiger partial charge is 0.733 e. The molecule has 92 valence electrons. The first-order chi connectivity index (χ1) is 7.93. The molecule has 0 amide bonds. The Kier molecular flexibility index (Phi) is 4.02. The highest BCUT2D eigenvalue weighted by molar-refractivity contribution is 5.84. The van der Waals surface area contributed by atoms with Gasteiger partial charge in [0, 0.05) is 0 Å². The molecule has 0 saturated heterocycles. The van der Waals surface area contributed by atoms with E-state index in [1.54, 1.807) is 0 Å². The van der Waals surface area contributed by atoms with Crippen molar-refractivity contribution >= 4 is 17.6 Å². The lowest BCUT2D eigenvalue weighted by Gasteiger charge is -2.26. The molecule has 7 nitrogen and oxygen atoms in total. The van der Waals surface area contributed by atoms with E-state index in [2.05, 4.69) is 0 Å². The van der Waals surface area contributed by atoms with Gasteiger partial charge >= 0.3 is 11.9 Å². The second kappa shape index (κ2) is 5.28. The van der Waals surface area contributed by atoms with Crippen molar-refractivity contribution in [2.45, 2.75) is 12.3 Å². The number of carboxylic acids is 2. The van der Waals surface area contributed by atoms with Gasteiger partial charge in [0.1, 0.15) is 0 Å². The molecule has 0 spiro atoms. The number of hydrogen-bond donors (Lipinski definition) is 3. The molecule has 1 rings (SSSR count). The number of rotatable bonds is 5. The van der Waals surface area contributed by atoms with Gasteiger partial charge in [-0.3, -0.25) is 14.8 Å². The second-order valence-corrected chi connectivity index (χ2v) is 3.32. The third-order valence-electron chi connectivity index (χ3n) is 2.20. The maximum atomic E-state index is 10.9. The van der Waals surface area contributed by atoms with Gasteiger partial charge in [-0.1, -0.05) is 18.2 Å². The van der Waals surface area contributed by atoms with Crippen molar-refractivity contribution in [2.24, 2.45) is 0 Å². The number of para-hydroxylation sites is 1. The van der Waals surface area contributed by atoms with Crippen LogP contribution < -0.4 is 5.23 Å². The van der Waals surface area contributed by atoms with E-state index in [-0.39, 0.29) is 11.3 Å². The molecule has 0 saturated carbocycles. The Morgan fingerprint density at radius 1 is 1.29 bits per heavy atom. The number of benzene rings is 1. The Morgan fingerprint density at radius 2 is 1.88 bits per heavy atom. The van der Waals surface area contributed by atoms with Crippen LogP contribution in [0.3, 0.4) is 0 Å². The average Bonchev–Trinajstić information content (AvgIpc) is 2.25. The smallest absolute Gasteiger partial charge is 0.311 e. The maximum Gasteiger partial charge on any atom is 0.311 e. The first-order valence-corrected chi connectivity index (χ1v) is 4.63. The van der Waals surface area contributed by atoms with Gasteiger partial charge in [-0.05, 0) is 11.6 Å². The molecule has 0 bridgehead atoms. The highest BCUT2D eigenvalue weighted by Crippen LogP contribution is 2.29. The van der Waals surface area contributed by atoms with Crippen molar-refractivity contribution in [2.75, 3.05) is 5.23 Å². The summed E-state index contributed by atoms with van der Waals surface area (Å²) in [5.41, 5.74) is -0.318. The predicted octanol–water partition coefficient (Wildman–Crippen LogP) is 1.02. The number of hydrogen-bond acceptors (Lipinski definition) is 5. The van der Waals surface area contributed by atoms with Crippen molar-refractivity contribution in [1.29, 1.82) is 0 Å². The van der Waals surface area contributed by atoms with E-state index < -0.39 is 29.5 Å². The number of anilines is 1. The molecule has 0 aliphatic heterocycles. The summed E-state index contributed by atoms with van der Waals surface area (Å²) in [5, 5.41) is 36.7. The Morgan fingerprint density at radius 3 is 2.35 bits per heavy atom. The van der Waals surface area contributed by atoms with Gasteiger partial charge in [-0.2, -0.15) is 0 Å². The molecule has 0 radical (unpaired) electrons. The van der Waals surface area contributed by atoms with Crippen molar-refractivity contribution in [3.63, 3.8) is 0 Å². The van der Waals surface area contributed by atoms with Gasteiger partial charge in [0.25, 0.3) is 0 Å². The summed E-state index contributed by atoms with van der Waals surface area (Å²) in [6, 6.07) is 5.39. The fourth-order valence-corrected chi connectivity index (χ4v) is 1.46. The summed E-state index contributed by atoms with van der Waals surface area (Å²) in [6.07, 6.45) is -0.666. The Balaban J connectivity index is 3.18. The van der Waals surface area contributed by atoms with Crippen LogP contribution in [-0.4, -0.2) is 27.4 Å². The molecule has 17 heavy (non-hydrogen) atoms. The number of carbonyl (C=O) groups is 2. The van der Waals surface area contributed by atoms with Gasteiger partial charge in [-0.15, -0.1) is 0 Å². The zero-order valence-corrected chi connectivity index (χ0v) is 8.61. The molecular formula is C10H10NO6-. The van der Waals surface area contributed by atoms with Crippen LogP contribution in [0.1, 0.15) is 17.9 Å². The highest BCUT2D eigenvalue weighted by Gasteiger charge is 2.25. The minimum atomic E-state index is -1.38. The molecule has 0 aliphatic rings. The molecule has 0 aliphatic carbocycles. The normalized spacial score (nSPS) is 11.9. The Bertz CT molecular complexity index is 431. The van der Waals surface area contributed by atoms with Gasteiger partial charge in [0.15, 0.2) is 0 Å². The fraction of sp³-hybridized carbons (Fsp3) is 0.200. The van der Waals surface area contributed by atoms with Crippen LogP contribution in [-0.2, 0) is 9.59 Å². The monoisotopic (exact) mass is 240 g/mol. The summed E-state index contributed by atoms with van der Waals surface area (Å²) in [5.74, 6) is -4.06. The summed E-state index contributed by atoms with van der Waals surface area (Å²) in [6.45, 7) is 0. The molecule has 0 fully saturated rings. The quantitative estimate of drug-likeness (QED) is 0.657.